The molecule has 0 radical (unpaired) electrons. The minimum absolute atomic E-state index is 0.463. The Morgan fingerprint density at radius 3 is 2.21 bits per heavy atom. The summed E-state index contributed by atoms with van der Waals surface area (Å²) >= 11 is 0. The van der Waals surface area contributed by atoms with Crippen molar-refractivity contribution in [3.63, 3.8) is 0 Å². The molecule has 0 aromatic rings. The van der Waals surface area contributed by atoms with Crippen LogP contribution in [-0.2, 0) is 0 Å². The van der Waals surface area contributed by atoms with E-state index >= 15 is 0 Å². The molecule has 0 aliphatic carbocycles. The maximum absolute atomic E-state index is 4.22. The van der Waals surface area contributed by atoms with Crippen molar-refractivity contribution in [3.8, 4) is 0 Å². The molecule has 0 aliphatic rings. The van der Waals surface area contributed by atoms with Crippen LogP contribution in [0.1, 0.15) is 80.1 Å². The van der Waals surface area contributed by atoms with E-state index in [4.69, 9.17) is 0 Å². The lowest BCUT2D eigenvalue weighted by atomic mass is 9.83. The Morgan fingerprint density at radius 2 is 1.68 bits per heavy atom. The smallest absolute Gasteiger partial charge is 0.0139 e. The molecule has 0 heterocycles. The fourth-order valence-corrected chi connectivity index (χ4v) is 1.80. The zero-order valence-corrected chi connectivity index (χ0v) is 14.1. The summed E-state index contributed by atoms with van der Waals surface area (Å²) in [4.78, 5) is 0. The fourth-order valence-electron chi connectivity index (χ4n) is 1.80. The molecular weight excluding hydrogens is 228 g/mol. The van der Waals surface area contributed by atoms with Gasteiger partial charge in [-0.1, -0.05) is 62.6 Å². The zero-order chi connectivity index (χ0) is 14.9. The van der Waals surface area contributed by atoms with Crippen molar-refractivity contribution in [2.75, 3.05) is 0 Å². The zero-order valence-electron chi connectivity index (χ0n) is 14.1. The molecule has 0 unspecified atom stereocenters. The lowest BCUT2D eigenvalue weighted by Crippen LogP contribution is -2.09. The van der Waals surface area contributed by atoms with Crippen molar-refractivity contribution in [3.05, 3.63) is 35.5 Å². The van der Waals surface area contributed by atoms with E-state index in [0.717, 1.165) is 6.42 Å². The maximum Gasteiger partial charge on any atom is -0.0139 e. The van der Waals surface area contributed by atoms with Gasteiger partial charge in [0.15, 0.2) is 0 Å². The third kappa shape index (κ3) is 10.8. The van der Waals surface area contributed by atoms with Crippen molar-refractivity contribution >= 4 is 0 Å². The van der Waals surface area contributed by atoms with Gasteiger partial charge in [0.1, 0.15) is 0 Å². The standard InChI is InChI=1S/C19H34/c1-8-19(6,7)15-14-18(5)13-12-17(4)11-9-10-16(2)3/h10,12H,5,8-9,11,13-15H2,1-4,6-7H3/b17-12+. The van der Waals surface area contributed by atoms with Crippen LogP contribution in [0, 0.1) is 5.41 Å². The summed E-state index contributed by atoms with van der Waals surface area (Å²) in [6.45, 7) is 17.8. The van der Waals surface area contributed by atoms with Crippen molar-refractivity contribution < 1.29 is 0 Å². The molecule has 0 bridgehead atoms. The number of allylic oxidation sites excluding steroid dienone is 5. The second-order valence-corrected chi connectivity index (χ2v) is 6.84. The summed E-state index contributed by atoms with van der Waals surface area (Å²) in [5, 5.41) is 0. The van der Waals surface area contributed by atoms with Crippen LogP contribution in [0.5, 0.6) is 0 Å². The first-order valence-corrected chi connectivity index (χ1v) is 7.72. The van der Waals surface area contributed by atoms with E-state index in [1.165, 1.54) is 48.8 Å². The molecule has 0 heteroatoms. The van der Waals surface area contributed by atoms with Crippen molar-refractivity contribution in [2.24, 2.45) is 5.41 Å². The van der Waals surface area contributed by atoms with Crippen LogP contribution in [0.2, 0.25) is 0 Å². The topological polar surface area (TPSA) is 0 Å². The van der Waals surface area contributed by atoms with Gasteiger partial charge in [-0.25, -0.2) is 0 Å². The van der Waals surface area contributed by atoms with Gasteiger partial charge in [-0.05, 0) is 58.3 Å². The van der Waals surface area contributed by atoms with Crippen LogP contribution in [0.4, 0.5) is 0 Å². The molecular formula is C19H34. The molecule has 110 valence electrons. The van der Waals surface area contributed by atoms with Gasteiger partial charge < -0.3 is 0 Å². The lowest BCUT2D eigenvalue weighted by molar-refractivity contribution is 0.322. The predicted octanol–water partition coefficient (Wildman–Crippen LogP) is 6.84. The number of hydrogen-bond acceptors (Lipinski definition) is 0. The maximum atomic E-state index is 4.22. The fraction of sp³-hybridized carbons (Fsp3) is 0.684. The second-order valence-electron chi connectivity index (χ2n) is 6.84. The van der Waals surface area contributed by atoms with Gasteiger partial charge >= 0.3 is 0 Å². The molecule has 0 nitrogen and oxygen atoms in total. The minimum atomic E-state index is 0.463. The summed E-state index contributed by atoms with van der Waals surface area (Å²) in [6, 6.07) is 0. The summed E-state index contributed by atoms with van der Waals surface area (Å²) in [5.74, 6) is 0. The van der Waals surface area contributed by atoms with Gasteiger partial charge in [-0.3, -0.25) is 0 Å². The van der Waals surface area contributed by atoms with Gasteiger partial charge in [-0.15, -0.1) is 0 Å². The average molecular weight is 262 g/mol. The summed E-state index contributed by atoms with van der Waals surface area (Å²) in [7, 11) is 0. The van der Waals surface area contributed by atoms with E-state index in [-0.39, 0.29) is 0 Å². The Bertz CT molecular complexity index is 322. The molecule has 0 saturated heterocycles. The average Bonchev–Trinajstić information content (AvgIpc) is 2.33. The van der Waals surface area contributed by atoms with Crippen molar-refractivity contribution in [2.45, 2.75) is 80.1 Å². The molecule has 0 aliphatic heterocycles. The van der Waals surface area contributed by atoms with Crippen molar-refractivity contribution in [1.82, 2.24) is 0 Å². The van der Waals surface area contributed by atoms with E-state index in [2.05, 4.69) is 60.3 Å². The highest BCUT2D eigenvalue weighted by Gasteiger charge is 2.14. The molecule has 0 aromatic heterocycles. The molecule has 19 heavy (non-hydrogen) atoms. The molecule has 0 saturated carbocycles. The summed E-state index contributed by atoms with van der Waals surface area (Å²) in [5.41, 5.74) is 4.75. The van der Waals surface area contributed by atoms with E-state index in [9.17, 15) is 0 Å². The van der Waals surface area contributed by atoms with Crippen LogP contribution in [0.15, 0.2) is 35.5 Å². The Balaban J connectivity index is 3.97. The van der Waals surface area contributed by atoms with E-state index in [1.807, 2.05) is 0 Å². The van der Waals surface area contributed by atoms with E-state index < -0.39 is 0 Å². The first kappa shape index (κ1) is 18.2. The monoisotopic (exact) mass is 262 g/mol. The SMILES string of the molecule is C=C(C/C=C(\C)CCC=C(C)C)CCC(C)(C)CC. The lowest BCUT2D eigenvalue weighted by Gasteiger charge is -2.22. The van der Waals surface area contributed by atoms with Gasteiger partial charge in [0, 0.05) is 0 Å². The van der Waals surface area contributed by atoms with Crippen molar-refractivity contribution in [1.29, 1.82) is 0 Å². The Morgan fingerprint density at radius 1 is 1.05 bits per heavy atom. The molecule has 0 amide bonds. The molecule has 0 fully saturated rings. The van der Waals surface area contributed by atoms with Crippen LogP contribution in [0.25, 0.3) is 0 Å². The van der Waals surface area contributed by atoms with E-state index in [1.54, 1.807) is 0 Å². The second kappa shape index (κ2) is 9.18. The number of rotatable bonds is 9. The Kier molecular flexibility index (Phi) is 8.80. The van der Waals surface area contributed by atoms with Gasteiger partial charge in [0.2, 0.25) is 0 Å². The minimum Gasteiger partial charge on any atom is -0.0995 e. The molecule has 0 atom stereocenters. The van der Waals surface area contributed by atoms with Crippen LogP contribution in [-0.4, -0.2) is 0 Å². The molecule has 0 rings (SSSR count). The van der Waals surface area contributed by atoms with E-state index in [0.29, 0.717) is 5.41 Å². The van der Waals surface area contributed by atoms with Gasteiger partial charge in [0.05, 0.1) is 0 Å². The van der Waals surface area contributed by atoms with Crippen LogP contribution < -0.4 is 0 Å². The first-order chi connectivity index (χ1) is 8.76. The highest BCUT2D eigenvalue weighted by atomic mass is 14.2. The Labute approximate surface area is 121 Å². The number of hydrogen-bond donors (Lipinski definition) is 0. The molecule has 0 N–H and O–H groups in total. The highest BCUT2D eigenvalue weighted by molar-refractivity contribution is 5.09. The first-order valence-electron chi connectivity index (χ1n) is 7.72. The summed E-state index contributed by atoms with van der Waals surface area (Å²) < 4.78 is 0. The Hall–Kier alpha value is -0.780. The highest BCUT2D eigenvalue weighted by Crippen LogP contribution is 2.28. The van der Waals surface area contributed by atoms with Crippen LogP contribution >= 0.6 is 0 Å². The largest absolute Gasteiger partial charge is 0.0995 e. The van der Waals surface area contributed by atoms with Gasteiger partial charge in [-0.2, -0.15) is 0 Å². The third-order valence-corrected chi connectivity index (χ3v) is 3.94. The predicted molar refractivity (Wildman–Crippen MR) is 89.5 cm³/mol. The van der Waals surface area contributed by atoms with Crippen LogP contribution in [0.3, 0.4) is 0 Å². The third-order valence-electron chi connectivity index (χ3n) is 3.94. The molecule has 0 spiro atoms. The quantitative estimate of drug-likeness (QED) is 0.399. The summed E-state index contributed by atoms with van der Waals surface area (Å²) in [6.07, 6.45) is 11.7. The molecule has 0 aromatic carbocycles. The van der Waals surface area contributed by atoms with Gasteiger partial charge in [0.25, 0.3) is 0 Å². The normalized spacial score (nSPS) is 12.4.